The van der Waals surface area contributed by atoms with Crippen molar-refractivity contribution in [3.05, 3.63) is 54.0 Å². The Balaban J connectivity index is 1.50. The summed E-state index contributed by atoms with van der Waals surface area (Å²) in [4.78, 5) is 24.5. The van der Waals surface area contributed by atoms with Crippen molar-refractivity contribution in [2.24, 2.45) is 0 Å². The number of piperazine rings is 1. The summed E-state index contributed by atoms with van der Waals surface area (Å²) < 4.78 is 41.0. The molecular formula is C18H19F3N4O2. The number of alkyl halides is 3. The first-order valence-corrected chi connectivity index (χ1v) is 8.48. The van der Waals surface area contributed by atoms with Crippen LogP contribution in [-0.2, 0) is 6.54 Å². The van der Waals surface area contributed by atoms with Gasteiger partial charge in [0.2, 0.25) is 5.88 Å². The highest BCUT2D eigenvalue weighted by Gasteiger charge is 2.29. The first kappa shape index (κ1) is 19.1. The van der Waals surface area contributed by atoms with Gasteiger partial charge in [-0.05, 0) is 18.2 Å². The largest absolute Gasteiger partial charge is 0.468 e. The highest BCUT2D eigenvalue weighted by Crippen LogP contribution is 2.18. The number of aromatic nitrogens is 2. The topological polar surface area (TPSA) is 58.6 Å². The van der Waals surface area contributed by atoms with Gasteiger partial charge >= 0.3 is 6.18 Å². The Morgan fingerprint density at radius 3 is 2.44 bits per heavy atom. The lowest BCUT2D eigenvalue weighted by Crippen LogP contribution is -2.48. The molecule has 27 heavy (non-hydrogen) atoms. The smallest absolute Gasteiger partial charge is 0.422 e. The van der Waals surface area contributed by atoms with Gasteiger partial charge in [0.15, 0.2) is 6.61 Å². The number of carbonyl (C=O) groups is 1. The van der Waals surface area contributed by atoms with E-state index >= 15 is 0 Å². The van der Waals surface area contributed by atoms with E-state index in [9.17, 15) is 18.0 Å². The average molecular weight is 380 g/mol. The van der Waals surface area contributed by atoms with Crippen molar-refractivity contribution >= 4 is 5.91 Å². The van der Waals surface area contributed by atoms with Gasteiger partial charge in [-0.15, -0.1) is 0 Å². The molecule has 2 aromatic rings. The van der Waals surface area contributed by atoms with Crippen molar-refractivity contribution in [1.82, 2.24) is 19.8 Å². The van der Waals surface area contributed by atoms with Crippen LogP contribution in [0.2, 0.25) is 0 Å². The van der Waals surface area contributed by atoms with E-state index in [1.54, 1.807) is 11.1 Å². The molecule has 1 aliphatic rings. The molecule has 1 fully saturated rings. The van der Waals surface area contributed by atoms with Gasteiger partial charge in [0, 0.05) is 51.2 Å². The maximum atomic E-state index is 12.5. The summed E-state index contributed by atoms with van der Waals surface area (Å²) in [5.41, 5.74) is 1.31. The van der Waals surface area contributed by atoms with Crippen molar-refractivity contribution < 1.29 is 22.7 Å². The molecule has 2 aromatic heterocycles. The molecule has 6 nitrogen and oxygen atoms in total. The van der Waals surface area contributed by atoms with E-state index < -0.39 is 12.8 Å². The fourth-order valence-electron chi connectivity index (χ4n) is 2.76. The predicted octanol–water partition coefficient (Wildman–Crippen LogP) is 2.38. The molecule has 1 amide bonds. The van der Waals surface area contributed by atoms with Gasteiger partial charge in [-0.3, -0.25) is 14.7 Å². The third kappa shape index (κ3) is 5.65. The van der Waals surface area contributed by atoms with Crippen molar-refractivity contribution in [1.29, 1.82) is 0 Å². The number of halogens is 3. The number of nitrogens with zero attached hydrogens (tertiary/aromatic N) is 4. The van der Waals surface area contributed by atoms with Crippen LogP contribution in [-0.4, -0.2) is 64.6 Å². The molecule has 0 bridgehead atoms. The molecular weight excluding hydrogens is 361 g/mol. The van der Waals surface area contributed by atoms with Gasteiger partial charge < -0.3 is 9.64 Å². The second-order valence-electron chi connectivity index (χ2n) is 6.18. The Bertz CT molecular complexity index is 745. The Labute approximate surface area is 154 Å². The standard InChI is InChI=1S/C18H19F3N4O2/c19-18(20,21)13-27-16-5-4-14(11-23-16)17(26)25-9-7-24(8-10-25)12-15-3-1-2-6-22-15/h1-6,11H,7-10,12-13H2. The molecule has 3 rings (SSSR count). The van der Waals surface area contributed by atoms with Crippen LogP contribution in [0.3, 0.4) is 0 Å². The van der Waals surface area contributed by atoms with E-state index in [1.165, 1.54) is 18.3 Å². The summed E-state index contributed by atoms with van der Waals surface area (Å²) in [7, 11) is 0. The van der Waals surface area contributed by atoms with Gasteiger partial charge in [-0.1, -0.05) is 6.07 Å². The fraction of sp³-hybridized carbons (Fsp3) is 0.389. The van der Waals surface area contributed by atoms with Gasteiger partial charge in [-0.25, -0.2) is 4.98 Å². The summed E-state index contributed by atoms with van der Waals surface area (Å²) in [5, 5.41) is 0. The summed E-state index contributed by atoms with van der Waals surface area (Å²) in [5.74, 6) is -0.355. The van der Waals surface area contributed by atoms with Gasteiger partial charge in [0.25, 0.3) is 5.91 Å². The summed E-state index contributed by atoms with van der Waals surface area (Å²) in [6.45, 7) is 1.90. The van der Waals surface area contributed by atoms with Crippen molar-refractivity contribution in [3.63, 3.8) is 0 Å². The third-order valence-electron chi connectivity index (χ3n) is 4.14. The number of hydrogen-bond donors (Lipinski definition) is 0. The molecule has 3 heterocycles. The Hall–Kier alpha value is -2.68. The van der Waals surface area contributed by atoms with E-state index in [0.717, 1.165) is 25.3 Å². The van der Waals surface area contributed by atoms with Crippen LogP contribution < -0.4 is 4.74 Å². The number of carbonyl (C=O) groups excluding carboxylic acids is 1. The number of hydrogen-bond acceptors (Lipinski definition) is 5. The second-order valence-corrected chi connectivity index (χ2v) is 6.18. The van der Waals surface area contributed by atoms with Crippen molar-refractivity contribution in [3.8, 4) is 5.88 Å². The number of rotatable bonds is 5. The first-order valence-electron chi connectivity index (χ1n) is 8.48. The molecule has 0 radical (unpaired) electrons. The van der Waals surface area contributed by atoms with Crippen LogP contribution in [0.1, 0.15) is 16.1 Å². The molecule has 0 unspecified atom stereocenters. The van der Waals surface area contributed by atoms with E-state index in [4.69, 9.17) is 0 Å². The Kier molecular flexibility index (Phi) is 5.90. The van der Waals surface area contributed by atoms with E-state index in [1.807, 2.05) is 18.2 Å². The quantitative estimate of drug-likeness (QED) is 0.797. The van der Waals surface area contributed by atoms with Crippen LogP contribution in [0.5, 0.6) is 5.88 Å². The SMILES string of the molecule is O=C(c1ccc(OCC(F)(F)F)nc1)N1CCN(Cc2ccccn2)CC1. The van der Waals surface area contributed by atoms with Gasteiger partial charge in [-0.2, -0.15) is 13.2 Å². The zero-order chi connectivity index (χ0) is 19.3. The molecule has 144 valence electrons. The molecule has 0 saturated carbocycles. The summed E-state index contributed by atoms with van der Waals surface area (Å²) in [6, 6.07) is 8.48. The molecule has 0 spiro atoms. The van der Waals surface area contributed by atoms with Crippen LogP contribution in [0, 0.1) is 0 Å². The van der Waals surface area contributed by atoms with Crippen LogP contribution in [0.25, 0.3) is 0 Å². The van der Waals surface area contributed by atoms with E-state index in [0.29, 0.717) is 18.7 Å². The highest BCUT2D eigenvalue weighted by atomic mass is 19.4. The maximum absolute atomic E-state index is 12.5. The van der Waals surface area contributed by atoms with Crippen molar-refractivity contribution in [2.75, 3.05) is 32.8 Å². The molecule has 1 saturated heterocycles. The number of ether oxygens (including phenoxy) is 1. The summed E-state index contributed by atoms with van der Waals surface area (Å²) in [6.07, 6.45) is -1.43. The lowest BCUT2D eigenvalue weighted by molar-refractivity contribution is -0.154. The zero-order valence-corrected chi connectivity index (χ0v) is 14.5. The monoisotopic (exact) mass is 380 g/mol. The Morgan fingerprint density at radius 1 is 1.07 bits per heavy atom. The second kappa shape index (κ2) is 8.34. The van der Waals surface area contributed by atoms with E-state index in [-0.39, 0.29) is 11.8 Å². The minimum absolute atomic E-state index is 0.163. The van der Waals surface area contributed by atoms with E-state index in [2.05, 4.69) is 19.6 Å². The van der Waals surface area contributed by atoms with Gasteiger partial charge in [0.1, 0.15) is 0 Å². The third-order valence-corrected chi connectivity index (χ3v) is 4.14. The normalized spacial score (nSPS) is 15.6. The summed E-state index contributed by atoms with van der Waals surface area (Å²) >= 11 is 0. The first-order chi connectivity index (χ1) is 12.9. The molecule has 0 atom stereocenters. The van der Waals surface area contributed by atoms with Crippen LogP contribution >= 0.6 is 0 Å². The lowest BCUT2D eigenvalue weighted by atomic mass is 10.2. The van der Waals surface area contributed by atoms with Crippen LogP contribution in [0.4, 0.5) is 13.2 Å². The minimum Gasteiger partial charge on any atom is -0.468 e. The minimum atomic E-state index is -4.43. The molecule has 1 aliphatic heterocycles. The molecule has 0 aliphatic carbocycles. The highest BCUT2D eigenvalue weighted by molar-refractivity contribution is 5.94. The van der Waals surface area contributed by atoms with Crippen LogP contribution in [0.15, 0.2) is 42.7 Å². The number of amides is 1. The lowest BCUT2D eigenvalue weighted by Gasteiger charge is -2.34. The van der Waals surface area contributed by atoms with Gasteiger partial charge in [0.05, 0.1) is 11.3 Å². The number of pyridine rings is 2. The average Bonchev–Trinajstić information content (AvgIpc) is 2.67. The maximum Gasteiger partial charge on any atom is 0.422 e. The zero-order valence-electron chi connectivity index (χ0n) is 14.5. The predicted molar refractivity (Wildman–Crippen MR) is 91.2 cm³/mol. The fourth-order valence-corrected chi connectivity index (χ4v) is 2.76. The molecule has 0 N–H and O–H groups in total. The molecule has 9 heteroatoms. The van der Waals surface area contributed by atoms with Crippen molar-refractivity contribution in [2.45, 2.75) is 12.7 Å². The Morgan fingerprint density at radius 2 is 1.85 bits per heavy atom. The molecule has 0 aromatic carbocycles.